The number of anilines is 1. The van der Waals surface area contributed by atoms with E-state index in [4.69, 9.17) is 9.47 Å². The van der Waals surface area contributed by atoms with Crippen LogP contribution in [0.5, 0.6) is 11.5 Å². The van der Waals surface area contributed by atoms with E-state index in [1.807, 2.05) is 0 Å². The van der Waals surface area contributed by atoms with Crippen LogP contribution in [0.3, 0.4) is 0 Å². The van der Waals surface area contributed by atoms with Gasteiger partial charge in [0.25, 0.3) is 0 Å². The van der Waals surface area contributed by atoms with Gasteiger partial charge < -0.3 is 14.8 Å². The number of nitrogens with zero attached hydrogens (tertiary/aromatic N) is 1. The van der Waals surface area contributed by atoms with E-state index in [0.29, 0.717) is 17.2 Å². The van der Waals surface area contributed by atoms with Crippen LogP contribution >= 0.6 is 0 Å². The average Bonchev–Trinajstić information content (AvgIpc) is 3.20. The molecule has 1 saturated carbocycles. The van der Waals surface area contributed by atoms with Gasteiger partial charge in [-0.2, -0.15) is 0 Å². The van der Waals surface area contributed by atoms with Crippen LogP contribution in [0, 0.1) is 5.92 Å². The highest BCUT2D eigenvalue weighted by Gasteiger charge is 2.29. The molecule has 0 aromatic heterocycles. The lowest BCUT2D eigenvalue weighted by Gasteiger charge is -2.22. The van der Waals surface area contributed by atoms with Crippen molar-refractivity contribution >= 4 is 21.6 Å². The maximum Gasteiger partial charge on any atom is 0.232 e. The highest BCUT2D eigenvalue weighted by molar-refractivity contribution is 7.92. The molecule has 0 atom stereocenters. The molecule has 1 aromatic rings. The van der Waals surface area contributed by atoms with Crippen molar-refractivity contribution in [1.82, 2.24) is 5.32 Å². The quantitative estimate of drug-likeness (QED) is 0.832. The fourth-order valence-electron chi connectivity index (χ4n) is 2.30. The Balaban J connectivity index is 1.70. The van der Waals surface area contributed by atoms with Gasteiger partial charge in [0, 0.05) is 18.5 Å². The number of benzene rings is 1. The van der Waals surface area contributed by atoms with Gasteiger partial charge in [-0.3, -0.25) is 9.10 Å². The van der Waals surface area contributed by atoms with E-state index >= 15 is 0 Å². The molecule has 1 heterocycles. The molecule has 3 rings (SSSR count). The first-order chi connectivity index (χ1) is 10.4. The van der Waals surface area contributed by atoms with Gasteiger partial charge in [0.2, 0.25) is 22.7 Å². The van der Waals surface area contributed by atoms with Crippen molar-refractivity contribution in [3.63, 3.8) is 0 Å². The monoisotopic (exact) mass is 326 g/mol. The zero-order valence-electron chi connectivity index (χ0n) is 12.2. The number of nitrogens with one attached hydrogen (secondary N) is 1. The second kappa shape index (κ2) is 5.68. The molecule has 0 radical (unpaired) electrons. The summed E-state index contributed by atoms with van der Waals surface area (Å²) < 4.78 is 35.7. The van der Waals surface area contributed by atoms with Crippen molar-refractivity contribution in [2.45, 2.75) is 12.8 Å². The van der Waals surface area contributed by atoms with Crippen LogP contribution in [-0.4, -0.2) is 40.5 Å². The summed E-state index contributed by atoms with van der Waals surface area (Å²) in [5.41, 5.74) is 0.493. The molecule has 0 bridgehead atoms. The summed E-state index contributed by atoms with van der Waals surface area (Å²) in [6, 6.07) is 4.97. The number of carbonyl (C=O) groups is 1. The van der Waals surface area contributed by atoms with Crippen molar-refractivity contribution < 1.29 is 22.7 Å². The highest BCUT2D eigenvalue weighted by atomic mass is 32.2. The molecule has 1 amide bonds. The lowest BCUT2D eigenvalue weighted by atomic mass is 10.3. The molecule has 8 heteroatoms. The number of rotatable bonds is 6. The second-order valence-electron chi connectivity index (χ2n) is 5.44. The summed E-state index contributed by atoms with van der Waals surface area (Å²) in [4.78, 5) is 11.6. The Hall–Kier alpha value is -1.96. The summed E-state index contributed by atoms with van der Waals surface area (Å²) in [5, 5.41) is 2.77. The molecule has 0 spiro atoms. The van der Waals surface area contributed by atoms with Crippen molar-refractivity contribution in [3.8, 4) is 11.5 Å². The molecule has 1 aromatic carbocycles. The Morgan fingerprint density at radius 3 is 2.73 bits per heavy atom. The zero-order valence-corrected chi connectivity index (χ0v) is 13.1. The number of amides is 1. The highest BCUT2D eigenvalue weighted by Crippen LogP contribution is 2.36. The Morgan fingerprint density at radius 1 is 1.32 bits per heavy atom. The Labute approximate surface area is 129 Å². The van der Waals surface area contributed by atoms with Crippen LogP contribution in [0.25, 0.3) is 0 Å². The van der Waals surface area contributed by atoms with E-state index in [1.54, 1.807) is 18.2 Å². The summed E-state index contributed by atoms with van der Waals surface area (Å²) in [6.45, 7) is 0.586. The number of ether oxygens (including phenoxy) is 2. The van der Waals surface area contributed by atoms with Gasteiger partial charge in [-0.25, -0.2) is 8.42 Å². The maximum atomic E-state index is 12.0. The predicted molar refractivity (Wildman–Crippen MR) is 80.5 cm³/mol. The fourth-order valence-corrected chi connectivity index (χ4v) is 3.22. The lowest BCUT2D eigenvalue weighted by Crippen LogP contribution is -2.38. The van der Waals surface area contributed by atoms with E-state index in [9.17, 15) is 13.2 Å². The van der Waals surface area contributed by atoms with E-state index in [1.165, 1.54) is 4.31 Å². The second-order valence-corrected chi connectivity index (χ2v) is 7.34. The van der Waals surface area contributed by atoms with Crippen LogP contribution in [-0.2, 0) is 14.8 Å². The van der Waals surface area contributed by atoms with E-state index < -0.39 is 10.0 Å². The molecule has 2 aliphatic rings. The van der Waals surface area contributed by atoms with Gasteiger partial charge in [-0.15, -0.1) is 0 Å². The maximum absolute atomic E-state index is 12.0. The zero-order chi connectivity index (χ0) is 15.7. The first-order valence-electron chi connectivity index (χ1n) is 7.10. The van der Waals surface area contributed by atoms with Gasteiger partial charge in [-0.1, -0.05) is 0 Å². The van der Waals surface area contributed by atoms with Crippen LogP contribution in [0.1, 0.15) is 12.8 Å². The molecule has 0 unspecified atom stereocenters. The lowest BCUT2D eigenvalue weighted by molar-refractivity contribution is -0.122. The van der Waals surface area contributed by atoms with Crippen LogP contribution in [0.15, 0.2) is 18.2 Å². The van der Waals surface area contributed by atoms with Crippen molar-refractivity contribution in [2.75, 3.05) is 30.4 Å². The number of carbonyl (C=O) groups excluding carboxylic acids is 1. The average molecular weight is 326 g/mol. The van der Waals surface area contributed by atoms with Gasteiger partial charge in [-0.05, 0) is 25.0 Å². The smallest absolute Gasteiger partial charge is 0.232 e. The number of hydrogen-bond acceptors (Lipinski definition) is 5. The number of sulfonamides is 1. The molecule has 1 fully saturated rings. The Morgan fingerprint density at radius 2 is 2.05 bits per heavy atom. The molecule has 22 heavy (non-hydrogen) atoms. The largest absolute Gasteiger partial charge is 0.454 e. The summed E-state index contributed by atoms with van der Waals surface area (Å²) >= 11 is 0. The summed E-state index contributed by atoms with van der Waals surface area (Å²) in [7, 11) is -3.45. The molecule has 7 nitrogen and oxygen atoms in total. The van der Waals surface area contributed by atoms with E-state index in [0.717, 1.165) is 19.1 Å². The third-order valence-corrected chi connectivity index (χ3v) is 4.80. The molecular weight excluding hydrogens is 308 g/mol. The number of hydrogen-bond donors (Lipinski definition) is 1. The van der Waals surface area contributed by atoms with Crippen molar-refractivity contribution in [3.05, 3.63) is 18.2 Å². The van der Waals surface area contributed by atoms with Gasteiger partial charge in [0.05, 0.1) is 18.5 Å². The topological polar surface area (TPSA) is 84.9 Å². The van der Waals surface area contributed by atoms with Crippen molar-refractivity contribution in [1.29, 1.82) is 0 Å². The molecule has 0 saturated heterocycles. The minimum Gasteiger partial charge on any atom is -0.454 e. The molecule has 1 N–H and O–H groups in total. The predicted octanol–water partition coefficient (Wildman–Crippen LogP) is 0.707. The van der Waals surface area contributed by atoms with E-state index in [-0.39, 0.29) is 31.7 Å². The third-order valence-electron chi connectivity index (χ3n) is 3.61. The minimum absolute atomic E-state index is 0.000798. The fraction of sp³-hybridized carbons (Fsp3) is 0.500. The summed E-state index contributed by atoms with van der Waals surface area (Å²) in [5.74, 6) is 1.23. The van der Waals surface area contributed by atoms with Crippen LogP contribution < -0.4 is 19.1 Å². The van der Waals surface area contributed by atoms with Gasteiger partial charge in [0.15, 0.2) is 11.5 Å². The first-order valence-corrected chi connectivity index (χ1v) is 8.95. The summed E-state index contributed by atoms with van der Waals surface area (Å²) in [6.07, 6.45) is 2.98. The molecule has 1 aliphatic heterocycles. The molecular formula is C14H18N2O5S. The third kappa shape index (κ3) is 3.27. The van der Waals surface area contributed by atoms with Crippen LogP contribution in [0.2, 0.25) is 0 Å². The normalized spacial score (nSPS) is 16.4. The Bertz CT molecular complexity index is 684. The van der Waals surface area contributed by atoms with Crippen molar-refractivity contribution in [2.24, 2.45) is 5.92 Å². The molecule has 120 valence electrons. The number of fused-ring (bicyclic) bond motifs is 1. The SMILES string of the molecule is CS(=O)(=O)N(CCNC(=O)C1CC1)c1ccc2c(c1)OCO2. The van der Waals surface area contributed by atoms with Crippen LogP contribution in [0.4, 0.5) is 5.69 Å². The van der Waals surface area contributed by atoms with Gasteiger partial charge in [0.1, 0.15) is 0 Å². The van der Waals surface area contributed by atoms with Gasteiger partial charge >= 0.3 is 0 Å². The molecule has 1 aliphatic carbocycles. The standard InChI is InChI=1S/C14H18N2O5S/c1-22(18,19)16(7-6-15-14(17)10-2-3-10)11-4-5-12-13(8-11)21-9-20-12/h4-5,8,10H,2-3,6-7,9H2,1H3,(H,15,17). The first kappa shape index (κ1) is 15.0. The Kier molecular flexibility index (Phi) is 3.86. The minimum atomic E-state index is -3.45. The van der Waals surface area contributed by atoms with E-state index in [2.05, 4.69) is 5.32 Å².